The van der Waals surface area contributed by atoms with Crippen LogP contribution in [0.15, 0.2) is 53.4 Å². The van der Waals surface area contributed by atoms with Crippen molar-refractivity contribution in [3.05, 3.63) is 59.7 Å². The van der Waals surface area contributed by atoms with Crippen LogP contribution in [0.1, 0.15) is 43.7 Å². The third-order valence-electron chi connectivity index (χ3n) is 6.30. The molecule has 8 heteroatoms. The largest absolute Gasteiger partial charge is 0.453 e. The number of hydrogen-bond acceptors (Lipinski definition) is 5. The molecule has 0 aromatic heterocycles. The number of sulfonamides is 1. The fraction of sp³-hybridized carbons (Fsp3) is 0.440. The van der Waals surface area contributed by atoms with Crippen molar-refractivity contribution in [2.24, 2.45) is 0 Å². The van der Waals surface area contributed by atoms with Gasteiger partial charge in [-0.05, 0) is 61.9 Å². The molecular formula is C25H30N2O5S. The molecule has 0 saturated carbocycles. The molecule has 7 nitrogen and oxygen atoms in total. The van der Waals surface area contributed by atoms with E-state index < -0.39 is 22.1 Å². The Bertz CT molecular complexity index is 1110. The van der Waals surface area contributed by atoms with Crippen LogP contribution in [0.2, 0.25) is 0 Å². The Morgan fingerprint density at radius 1 is 0.970 bits per heavy atom. The van der Waals surface area contributed by atoms with Gasteiger partial charge in [0.05, 0.1) is 4.90 Å². The van der Waals surface area contributed by atoms with Crippen LogP contribution in [0, 0.1) is 0 Å². The first-order valence-corrected chi connectivity index (χ1v) is 13.0. The number of nitrogens with zero attached hydrogens (tertiary/aromatic N) is 2. The van der Waals surface area contributed by atoms with E-state index in [2.05, 4.69) is 0 Å². The first kappa shape index (κ1) is 23.4. The number of rotatable bonds is 7. The van der Waals surface area contributed by atoms with Crippen molar-refractivity contribution >= 4 is 27.6 Å². The lowest BCUT2D eigenvalue weighted by atomic mass is 10.1. The summed E-state index contributed by atoms with van der Waals surface area (Å²) in [5.74, 6) is -0.672. The fourth-order valence-corrected chi connectivity index (χ4v) is 5.94. The Morgan fingerprint density at radius 3 is 2.39 bits per heavy atom. The molecule has 2 aromatic rings. The molecule has 0 spiro atoms. The van der Waals surface area contributed by atoms with E-state index >= 15 is 0 Å². The lowest BCUT2D eigenvalue weighted by Gasteiger charge is -2.25. The van der Waals surface area contributed by atoms with Gasteiger partial charge in [-0.3, -0.25) is 9.59 Å². The molecule has 0 bridgehead atoms. The van der Waals surface area contributed by atoms with Crippen LogP contribution in [0.25, 0.3) is 0 Å². The Balaban J connectivity index is 1.28. The van der Waals surface area contributed by atoms with Crippen molar-refractivity contribution in [2.45, 2.75) is 56.4 Å². The van der Waals surface area contributed by atoms with E-state index in [4.69, 9.17) is 4.74 Å². The minimum absolute atomic E-state index is 0.117. The monoisotopic (exact) mass is 470 g/mol. The molecule has 2 aromatic carbocycles. The number of aryl methyl sites for hydroxylation is 1. The molecule has 176 valence electrons. The highest BCUT2D eigenvalue weighted by Crippen LogP contribution is 2.28. The topological polar surface area (TPSA) is 84.0 Å². The molecule has 0 aliphatic carbocycles. The summed E-state index contributed by atoms with van der Waals surface area (Å²) in [5, 5.41) is 0. The standard InChI is InChI=1S/C25H30N2O5S/c1-19(25(29)27-18-15-21-7-3-4-8-23(21)27)32-24(28)14-11-20-9-12-22(13-10-20)33(30,31)26-16-5-2-6-17-26/h3-4,7-10,12-13,19H,2,5-6,11,14-18H2,1H3. The number of ether oxygens (including phenoxy) is 1. The number of hydrogen-bond donors (Lipinski definition) is 0. The van der Waals surface area contributed by atoms with E-state index in [-0.39, 0.29) is 17.2 Å². The van der Waals surface area contributed by atoms with E-state index in [1.54, 1.807) is 40.4 Å². The van der Waals surface area contributed by atoms with Crippen LogP contribution < -0.4 is 4.90 Å². The molecule has 0 N–H and O–H groups in total. The average molecular weight is 471 g/mol. The maximum absolute atomic E-state index is 12.8. The average Bonchev–Trinajstić information content (AvgIpc) is 3.27. The van der Waals surface area contributed by atoms with Crippen LogP contribution in [0.4, 0.5) is 5.69 Å². The molecule has 2 aliphatic rings. The number of carbonyl (C=O) groups is 2. The number of anilines is 1. The zero-order valence-electron chi connectivity index (χ0n) is 18.9. The van der Waals surface area contributed by atoms with Crippen molar-refractivity contribution in [1.82, 2.24) is 4.31 Å². The smallest absolute Gasteiger partial charge is 0.306 e. The Labute approximate surface area is 195 Å². The third kappa shape index (κ3) is 5.28. The molecule has 1 fully saturated rings. The van der Waals surface area contributed by atoms with Gasteiger partial charge in [0.15, 0.2) is 6.10 Å². The molecule has 2 aliphatic heterocycles. The molecule has 4 rings (SSSR count). The van der Waals surface area contributed by atoms with Crippen molar-refractivity contribution in [2.75, 3.05) is 24.5 Å². The van der Waals surface area contributed by atoms with E-state index in [1.807, 2.05) is 24.3 Å². The highest BCUT2D eigenvalue weighted by Gasteiger charge is 2.30. The minimum atomic E-state index is -3.47. The number of amides is 1. The molecule has 2 heterocycles. The Morgan fingerprint density at radius 2 is 1.67 bits per heavy atom. The van der Waals surface area contributed by atoms with Gasteiger partial charge in [-0.1, -0.05) is 36.8 Å². The maximum atomic E-state index is 12.8. The zero-order chi connectivity index (χ0) is 23.4. The molecule has 33 heavy (non-hydrogen) atoms. The Hall–Kier alpha value is -2.71. The van der Waals surface area contributed by atoms with Gasteiger partial charge in [-0.25, -0.2) is 8.42 Å². The molecule has 1 atom stereocenters. The normalized spacial score (nSPS) is 17.4. The summed E-state index contributed by atoms with van der Waals surface area (Å²) < 4.78 is 32.4. The first-order chi connectivity index (χ1) is 15.9. The van der Waals surface area contributed by atoms with Crippen LogP contribution in [0.5, 0.6) is 0 Å². The highest BCUT2D eigenvalue weighted by atomic mass is 32.2. The molecule has 1 unspecified atom stereocenters. The van der Waals surface area contributed by atoms with E-state index in [1.165, 1.54) is 0 Å². The molecular weight excluding hydrogens is 440 g/mol. The van der Waals surface area contributed by atoms with E-state index in [9.17, 15) is 18.0 Å². The summed E-state index contributed by atoms with van der Waals surface area (Å²) in [6.07, 6.45) is 3.32. The number of para-hydroxylation sites is 1. The number of piperidine rings is 1. The number of carbonyl (C=O) groups excluding carboxylic acids is 2. The summed E-state index contributed by atoms with van der Waals surface area (Å²) in [6, 6.07) is 14.4. The fourth-order valence-electron chi connectivity index (χ4n) is 4.42. The minimum Gasteiger partial charge on any atom is -0.453 e. The summed E-state index contributed by atoms with van der Waals surface area (Å²) in [7, 11) is -3.47. The lowest BCUT2D eigenvalue weighted by Crippen LogP contribution is -2.39. The zero-order valence-corrected chi connectivity index (χ0v) is 19.7. The van der Waals surface area contributed by atoms with Gasteiger partial charge in [0, 0.05) is 31.7 Å². The predicted molar refractivity (Wildman–Crippen MR) is 125 cm³/mol. The van der Waals surface area contributed by atoms with Gasteiger partial charge in [-0.15, -0.1) is 0 Å². The third-order valence-corrected chi connectivity index (χ3v) is 8.22. The number of esters is 1. The Kier molecular flexibility index (Phi) is 7.14. The molecule has 1 saturated heterocycles. The summed E-state index contributed by atoms with van der Waals surface area (Å²) in [4.78, 5) is 27.1. The van der Waals surface area contributed by atoms with Crippen LogP contribution in [-0.4, -0.2) is 50.3 Å². The van der Waals surface area contributed by atoms with Crippen molar-refractivity contribution < 1.29 is 22.7 Å². The molecule has 0 radical (unpaired) electrons. The van der Waals surface area contributed by atoms with Crippen LogP contribution in [0.3, 0.4) is 0 Å². The van der Waals surface area contributed by atoms with Gasteiger partial charge < -0.3 is 9.64 Å². The molecule has 1 amide bonds. The lowest BCUT2D eigenvalue weighted by molar-refractivity contribution is -0.153. The van der Waals surface area contributed by atoms with Gasteiger partial charge in [0.2, 0.25) is 10.0 Å². The van der Waals surface area contributed by atoms with Gasteiger partial charge in [0.25, 0.3) is 5.91 Å². The first-order valence-electron chi connectivity index (χ1n) is 11.5. The van der Waals surface area contributed by atoms with Gasteiger partial charge in [0.1, 0.15) is 0 Å². The second-order valence-electron chi connectivity index (χ2n) is 8.61. The highest BCUT2D eigenvalue weighted by molar-refractivity contribution is 7.89. The quantitative estimate of drug-likeness (QED) is 0.580. The van der Waals surface area contributed by atoms with Crippen LogP contribution >= 0.6 is 0 Å². The van der Waals surface area contributed by atoms with E-state index in [0.717, 1.165) is 42.5 Å². The maximum Gasteiger partial charge on any atom is 0.306 e. The summed E-state index contributed by atoms with van der Waals surface area (Å²) in [5.41, 5.74) is 2.84. The second-order valence-corrected chi connectivity index (χ2v) is 10.5. The predicted octanol–water partition coefficient (Wildman–Crippen LogP) is 3.31. The SMILES string of the molecule is CC(OC(=O)CCc1ccc(S(=O)(=O)N2CCCCC2)cc1)C(=O)N1CCc2ccccc21. The van der Waals surface area contributed by atoms with Crippen molar-refractivity contribution in [3.8, 4) is 0 Å². The summed E-state index contributed by atoms with van der Waals surface area (Å²) >= 11 is 0. The number of fused-ring (bicyclic) bond motifs is 1. The second kappa shape index (κ2) is 10.1. The van der Waals surface area contributed by atoms with Crippen molar-refractivity contribution in [1.29, 1.82) is 0 Å². The van der Waals surface area contributed by atoms with Crippen molar-refractivity contribution in [3.63, 3.8) is 0 Å². The van der Waals surface area contributed by atoms with Crippen LogP contribution in [-0.2, 0) is 37.2 Å². The van der Waals surface area contributed by atoms with Gasteiger partial charge >= 0.3 is 5.97 Å². The van der Waals surface area contributed by atoms with Gasteiger partial charge in [-0.2, -0.15) is 4.31 Å². The summed E-state index contributed by atoms with van der Waals surface area (Å²) in [6.45, 7) is 3.32. The van der Waals surface area contributed by atoms with E-state index in [0.29, 0.717) is 26.1 Å². The number of benzene rings is 2.